The van der Waals surface area contributed by atoms with Gasteiger partial charge in [-0.25, -0.2) is 4.79 Å². The van der Waals surface area contributed by atoms with Crippen molar-refractivity contribution in [2.24, 2.45) is 0 Å². The van der Waals surface area contributed by atoms with E-state index in [1.165, 1.54) is 7.11 Å². The number of esters is 1. The monoisotopic (exact) mass is 487 g/mol. The summed E-state index contributed by atoms with van der Waals surface area (Å²) in [6.45, 7) is 1.67. The van der Waals surface area contributed by atoms with E-state index in [4.69, 9.17) is 4.74 Å². The highest BCUT2D eigenvalue weighted by atomic mass is 32.2. The molecule has 1 heterocycles. The summed E-state index contributed by atoms with van der Waals surface area (Å²) in [6.07, 6.45) is 4.12. The number of benzene rings is 2. The molecule has 2 unspecified atom stereocenters. The van der Waals surface area contributed by atoms with Crippen molar-refractivity contribution in [2.75, 3.05) is 37.5 Å². The van der Waals surface area contributed by atoms with Crippen molar-refractivity contribution in [3.8, 4) is 0 Å². The Labute approximate surface area is 206 Å². The molecule has 178 valence electrons. The molecule has 1 saturated heterocycles. The topological polar surface area (TPSA) is 79.5 Å². The zero-order valence-corrected chi connectivity index (χ0v) is 20.9. The second-order valence-electron chi connectivity index (χ2n) is 8.24. The smallest absolute Gasteiger partial charge is 0.328 e. The van der Waals surface area contributed by atoms with Gasteiger partial charge in [0.2, 0.25) is 0 Å². The average molecular weight is 488 g/mol. The molecule has 0 radical (unpaired) electrons. The van der Waals surface area contributed by atoms with Crippen molar-refractivity contribution >= 4 is 42.0 Å². The second-order valence-corrected chi connectivity index (χ2v) is 9.96. The molecule has 0 aliphatic carbocycles. The molecule has 33 heavy (non-hydrogen) atoms. The van der Waals surface area contributed by atoms with E-state index < -0.39 is 12.0 Å². The number of carbonyl (C=O) groups excluding carboxylic acids is 2. The van der Waals surface area contributed by atoms with Crippen molar-refractivity contribution < 1.29 is 14.3 Å². The highest BCUT2D eigenvalue weighted by molar-refractivity contribution is 7.98. The highest BCUT2D eigenvalue weighted by Gasteiger charge is 2.24. The molecule has 1 aliphatic rings. The van der Waals surface area contributed by atoms with Gasteiger partial charge >= 0.3 is 5.97 Å². The van der Waals surface area contributed by atoms with Crippen molar-refractivity contribution in [2.45, 2.75) is 36.6 Å². The highest BCUT2D eigenvalue weighted by Crippen LogP contribution is 2.21. The lowest BCUT2D eigenvalue weighted by Gasteiger charge is -2.19. The maximum absolute atomic E-state index is 13.3. The van der Waals surface area contributed by atoms with E-state index in [1.807, 2.05) is 54.8 Å². The lowest BCUT2D eigenvalue weighted by Crippen LogP contribution is -2.42. The number of anilines is 1. The van der Waals surface area contributed by atoms with E-state index in [1.54, 1.807) is 11.8 Å². The largest absolute Gasteiger partial charge is 0.467 e. The first-order valence-electron chi connectivity index (χ1n) is 11.2. The zero-order chi connectivity index (χ0) is 23.6. The SMILES string of the molecule is COC(=O)[C@H](CCSC)NC(=O)c1cc(NCC2CC(S)CN2)ccc1Cc1ccccc1. The summed E-state index contributed by atoms with van der Waals surface area (Å²) in [5.74, 6) is 0.0550. The number of carbonyl (C=O) groups is 2. The number of thiol groups is 1. The van der Waals surface area contributed by atoms with Crippen molar-refractivity contribution in [3.05, 3.63) is 65.2 Å². The molecule has 3 atom stereocenters. The lowest BCUT2D eigenvalue weighted by molar-refractivity contribution is -0.142. The summed E-state index contributed by atoms with van der Waals surface area (Å²) in [5, 5.41) is 10.2. The molecule has 2 aromatic rings. The number of ether oxygens (including phenoxy) is 1. The van der Waals surface area contributed by atoms with E-state index in [-0.39, 0.29) is 5.91 Å². The third-order valence-electron chi connectivity index (χ3n) is 5.74. The van der Waals surface area contributed by atoms with Crippen LogP contribution in [0.5, 0.6) is 0 Å². The number of hydrogen-bond donors (Lipinski definition) is 4. The third-order valence-corrected chi connectivity index (χ3v) is 6.78. The Morgan fingerprint density at radius 2 is 2.03 bits per heavy atom. The Hall–Kier alpha value is -2.16. The minimum Gasteiger partial charge on any atom is -0.467 e. The minimum atomic E-state index is -0.675. The van der Waals surface area contributed by atoms with Crippen LogP contribution in [0.25, 0.3) is 0 Å². The predicted molar refractivity (Wildman–Crippen MR) is 140 cm³/mol. The molecule has 8 heteroatoms. The lowest BCUT2D eigenvalue weighted by atomic mass is 9.98. The number of rotatable bonds is 11. The molecule has 0 bridgehead atoms. The fourth-order valence-electron chi connectivity index (χ4n) is 3.92. The molecule has 0 spiro atoms. The van der Waals surface area contributed by atoms with Crippen LogP contribution in [0, 0.1) is 0 Å². The van der Waals surface area contributed by atoms with E-state index in [2.05, 4.69) is 28.6 Å². The van der Waals surface area contributed by atoms with Crippen LogP contribution in [0.4, 0.5) is 5.69 Å². The van der Waals surface area contributed by atoms with Crippen molar-refractivity contribution in [1.29, 1.82) is 0 Å². The van der Waals surface area contributed by atoms with Gasteiger partial charge < -0.3 is 20.7 Å². The average Bonchev–Trinajstić information content (AvgIpc) is 3.26. The molecule has 0 aromatic heterocycles. The molecular weight excluding hydrogens is 454 g/mol. The summed E-state index contributed by atoms with van der Waals surface area (Å²) in [4.78, 5) is 25.6. The number of amides is 1. The number of methoxy groups -OCH3 is 1. The van der Waals surface area contributed by atoms with Crippen LogP contribution in [0.3, 0.4) is 0 Å². The molecule has 2 aromatic carbocycles. The van der Waals surface area contributed by atoms with Crippen LogP contribution in [-0.2, 0) is 16.0 Å². The van der Waals surface area contributed by atoms with Crippen LogP contribution in [0.2, 0.25) is 0 Å². The normalized spacial score (nSPS) is 18.5. The predicted octanol–water partition coefficient (Wildman–Crippen LogP) is 3.37. The van der Waals surface area contributed by atoms with Gasteiger partial charge in [-0.2, -0.15) is 24.4 Å². The van der Waals surface area contributed by atoms with Gasteiger partial charge in [0.05, 0.1) is 7.11 Å². The zero-order valence-electron chi connectivity index (χ0n) is 19.2. The third kappa shape index (κ3) is 7.69. The van der Waals surface area contributed by atoms with Crippen LogP contribution < -0.4 is 16.0 Å². The van der Waals surface area contributed by atoms with Gasteiger partial charge in [-0.3, -0.25) is 4.79 Å². The Bertz CT molecular complexity index is 926. The van der Waals surface area contributed by atoms with Gasteiger partial charge in [0, 0.05) is 35.6 Å². The Kier molecular flexibility index (Phi) is 9.96. The van der Waals surface area contributed by atoms with Crippen molar-refractivity contribution in [1.82, 2.24) is 10.6 Å². The van der Waals surface area contributed by atoms with Crippen molar-refractivity contribution in [3.63, 3.8) is 0 Å². The standard InChI is InChI=1S/C25H33N3O3S2/c1-31-25(30)23(10-11-33-2)28-24(29)22-14-19(26-15-20-13-21(32)16-27-20)9-8-18(22)12-17-6-4-3-5-7-17/h3-9,14,20-21,23,26-27,32H,10-13,15-16H2,1-2H3,(H,28,29)/t20?,21?,23-/m0/s1. The summed E-state index contributed by atoms with van der Waals surface area (Å²) in [7, 11) is 1.35. The number of nitrogens with one attached hydrogen (secondary N) is 3. The molecular formula is C25H33N3O3S2. The number of thioether (sulfide) groups is 1. The first kappa shape index (κ1) is 25.5. The molecule has 0 saturated carbocycles. The molecule has 3 rings (SSSR count). The molecule has 3 N–H and O–H groups in total. The summed E-state index contributed by atoms with van der Waals surface area (Å²) in [5.41, 5.74) is 3.47. The summed E-state index contributed by atoms with van der Waals surface area (Å²) < 4.78 is 4.91. The van der Waals surface area contributed by atoms with Gasteiger partial charge in [0.15, 0.2) is 0 Å². The van der Waals surface area contributed by atoms with Gasteiger partial charge in [-0.15, -0.1) is 0 Å². The molecule has 1 amide bonds. The maximum Gasteiger partial charge on any atom is 0.328 e. The van der Waals surface area contributed by atoms with E-state index in [0.717, 1.165) is 42.1 Å². The summed E-state index contributed by atoms with van der Waals surface area (Å²) in [6, 6.07) is 15.6. The Morgan fingerprint density at radius 3 is 2.70 bits per heavy atom. The van der Waals surface area contributed by atoms with Crippen LogP contribution >= 0.6 is 24.4 Å². The quantitative estimate of drug-likeness (QED) is 0.288. The van der Waals surface area contributed by atoms with E-state index in [9.17, 15) is 9.59 Å². The summed E-state index contributed by atoms with van der Waals surface area (Å²) >= 11 is 6.16. The molecule has 1 fully saturated rings. The first-order chi connectivity index (χ1) is 16.0. The molecule has 1 aliphatic heterocycles. The van der Waals surface area contributed by atoms with E-state index >= 15 is 0 Å². The maximum atomic E-state index is 13.3. The minimum absolute atomic E-state index is 0.268. The fraction of sp³-hybridized carbons (Fsp3) is 0.440. The van der Waals surface area contributed by atoms with Gasteiger partial charge in [0.1, 0.15) is 6.04 Å². The fourth-order valence-corrected chi connectivity index (χ4v) is 4.76. The number of hydrogen-bond acceptors (Lipinski definition) is 7. The Morgan fingerprint density at radius 1 is 1.24 bits per heavy atom. The van der Waals surface area contributed by atoms with Crippen LogP contribution in [0.15, 0.2) is 48.5 Å². The van der Waals surface area contributed by atoms with E-state index in [0.29, 0.717) is 29.7 Å². The molecule has 6 nitrogen and oxygen atoms in total. The van der Waals surface area contributed by atoms with Gasteiger partial charge in [-0.1, -0.05) is 36.4 Å². The van der Waals surface area contributed by atoms with Gasteiger partial charge in [-0.05, 0) is 54.5 Å². The van der Waals surface area contributed by atoms with Crippen LogP contribution in [0.1, 0.15) is 34.3 Å². The van der Waals surface area contributed by atoms with Gasteiger partial charge in [0.25, 0.3) is 5.91 Å². The Balaban J connectivity index is 1.80. The first-order valence-corrected chi connectivity index (χ1v) is 13.1. The van der Waals surface area contributed by atoms with Crippen LogP contribution in [-0.4, -0.2) is 61.4 Å². The second kappa shape index (κ2) is 12.9.